The molecular weight excluding hydrogens is 439 g/mol. The van der Waals surface area contributed by atoms with E-state index in [0.29, 0.717) is 12.0 Å². The van der Waals surface area contributed by atoms with Crippen molar-refractivity contribution in [3.8, 4) is 0 Å². The zero-order valence-electron chi connectivity index (χ0n) is 16.9. The Morgan fingerprint density at radius 1 is 1.18 bits per heavy atom. The van der Waals surface area contributed by atoms with Crippen LogP contribution in [-0.4, -0.2) is 26.6 Å². The Hall–Kier alpha value is -1.73. The second kappa shape index (κ2) is 9.65. The minimum Gasteiger partial charge on any atom is -0.526 e. The summed E-state index contributed by atoms with van der Waals surface area (Å²) in [5.74, 6) is 0.391. The molecule has 0 spiro atoms. The summed E-state index contributed by atoms with van der Waals surface area (Å²) in [5.41, 5.74) is 0.462. The van der Waals surface area contributed by atoms with E-state index in [4.69, 9.17) is 0 Å². The molecule has 3 nitrogen and oxygen atoms in total. The molecule has 1 N–H and O–H groups in total. The van der Waals surface area contributed by atoms with Crippen molar-refractivity contribution in [2.24, 2.45) is 5.92 Å². The van der Waals surface area contributed by atoms with Gasteiger partial charge in [0.1, 0.15) is 0 Å². The van der Waals surface area contributed by atoms with Crippen LogP contribution in [0.2, 0.25) is 0 Å². The molecule has 2 aromatic carbocycles. The van der Waals surface area contributed by atoms with Gasteiger partial charge >= 0.3 is 20.4 Å². The molecule has 1 aromatic heterocycles. The molecule has 0 aliphatic carbocycles. The number of nitrogens with zero attached hydrogens (tertiary/aromatic N) is 2. The molecule has 28 heavy (non-hydrogen) atoms. The minimum absolute atomic E-state index is 0. The van der Waals surface area contributed by atoms with E-state index in [1.54, 1.807) is 0 Å². The molecule has 1 aliphatic heterocycles. The van der Waals surface area contributed by atoms with E-state index in [9.17, 15) is 5.11 Å². The van der Waals surface area contributed by atoms with Crippen molar-refractivity contribution in [2.75, 3.05) is 0 Å². The van der Waals surface area contributed by atoms with Crippen LogP contribution >= 0.6 is 0 Å². The fourth-order valence-corrected chi connectivity index (χ4v) is 3.31. The van der Waals surface area contributed by atoms with Crippen LogP contribution in [0, 0.1) is 18.5 Å². The third-order valence-corrected chi connectivity index (χ3v) is 4.61. The SMILES string of the molecule is CC(C)N1C=CC(CC(C)(C)O)[CH-]1.[Pd+2].[c-]1cccc2ccc3cccnc3c12. The zero-order chi connectivity index (χ0) is 19.4. The third kappa shape index (κ3) is 5.88. The average Bonchev–Trinajstić information content (AvgIpc) is 3.09. The van der Waals surface area contributed by atoms with Crippen LogP contribution in [0.3, 0.4) is 0 Å². The number of fused-ring (bicyclic) bond motifs is 3. The van der Waals surface area contributed by atoms with E-state index >= 15 is 0 Å². The van der Waals surface area contributed by atoms with Crippen LogP contribution in [0.15, 0.2) is 60.9 Å². The van der Waals surface area contributed by atoms with Gasteiger partial charge in [-0.1, -0.05) is 24.3 Å². The topological polar surface area (TPSA) is 36.4 Å². The van der Waals surface area contributed by atoms with Crippen LogP contribution < -0.4 is 0 Å². The first-order chi connectivity index (χ1) is 12.8. The first kappa shape index (κ1) is 22.6. The molecule has 1 unspecified atom stereocenters. The van der Waals surface area contributed by atoms with Gasteiger partial charge < -0.3 is 15.0 Å². The van der Waals surface area contributed by atoms with Crippen LogP contribution in [0.1, 0.15) is 34.1 Å². The maximum atomic E-state index is 9.63. The van der Waals surface area contributed by atoms with E-state index < -0.39 is 5.60 Å². The van der Waals surface area contributed by atoms with Gasteiger partial charge in [-0.25, -0.2) is 6.54 Å². The normalized spacial score (nSPS) is 16.2. The third-order valence-electron chi connectivity index (χ3n) is 4.61. The Kier molecular flexibility index (Phi) is 7.78. The van der Waals surface area contributed by atoms with Gasteiger partial charge in [-0.2, -0.15) is 0 Å². The zero-order valence-corrected chi connectivity index (χ0v) is 18.4. The van der Waals surface area contributed by atoms with Gasteiger partial charge in [0, 0.05) is 6.20 Å². The molecule has 4 rings (SSSR count). The predicted octanol–water partition coefficient (Wildman–Crippen LogP) is 5.35. The Balaban J connectivity index is 0.000000194. The molecule has 0 amide bonds. The summed E-state index contributed by atoms with van der Waals surface area (Å²) in [4.78, 5) is 6.57. The summed E-state index contributed by atoms with van der Waals surface area (Å²) in [7, 11) is 0. The summed E-state index contributed by atoms with van der Waals surface area (Å²) in [5, 5.41) is 13.1. The number of aliphatic hydroxyl groups is 1. The number of hydrogen-bond donors (Lipinski definition) is 1. The van der Waals surface area contributed by atoms with Gasteiger partial charge in [-0.3, -0.25) is 0 Å². The Bertz CT molecular complexity index is 876. The summed E-state index contributed by atoms with van der Waals surface area (Å²) in [6.45, 7) is 10.2. The second-order valence-corrected chi connectivity index (χ2v) is 7.99. The fraction of sp³-hybridized carbons (Fsp3) is 0.333. The molecule has 150 valence electrons. The van der Waals surface area contributed by atoms with E-state index in [1.165, 1.54) is 10.8 Å². The van der Waals surface area contributed by atoms with Crippen molar-refractivity contribution in [3.63, 3.8) is 0 Å². The summed E-state index contributed by atoms with van der Waals surface area (Å²) in [6, 6.07) is 18.0. The molecule has 0 saturated heterocycles. The average molecular weight is 467 g/mol. The Morgan fingerprint density at radius 3 is 2.57 bits per heavy atom. The number of hydrogen-bond acceptors (Lipinski definition) is 3. The monoisotopic (exact) mass is 466 g/mol. The van der Waals surface area contributed by atoms with Crippen molar-refractivity contribution in [1.82, 2.24) is 9.88 Å². The minimum atomic E-state index is -0.571. The number of benzene rings is 2. The van der Waals surface area contributed by atoms with E-state index in [-0.39, 0.29) is 20.4 Å². The summed E-state index contributed by atoms with van der Waals surface area (Å²) in [6.07, 6.45) is 6.87. The predicted molar refractivity (Wildman–Crippen MR) is 113 cm³/mol. The maximum Gasteiger partial charge on any atom is 2.00 e. The molecule has 0 saturated carbocycles. The van der Waals surface area contributed by atoms with Crippen LogP contribution in [-0.2, 0) is 20.4 Å². The second-order valence-electron chi connectivity index (χ2n) is 7.99. The van der Waals surface area contributed by atoms with Crippen LogP contribution in [0.25, 0.3) is 21.7 Å². The van der Waals surface area contributed by atoms with Gasteiger partial charge in [0.2, 0.25) is 0 Å². The number of pyridine rings is 1. The van der Waals surface area contributed by atoms with Gasteiger partial charge in [0.05, 0.1) is 5.60 Å². The fourth-order valence-electron chi connectivity index (χ4n) is 3.31. The van der Waals surface area contributed by atoms with E-state index in [1.807, 2.05) is 38.2 Å². The molecule has 0 fully saturated rings. The van der Waals surface area contributed by atoms with Gasteiger partial charge in [0.25, 0.3) is 0 Å². The van der Waals surface area contributed by atoms with Crippen molar-refractivity contribution in [2.45, 2.75) is 45.8 Å². The largest absolute Gasteiger partial charge is 2.00 e. The molecule has 2 heterocycles. The number of aromatic nitrogens is 1. The molecular formula is C24H28N2OPd. The van der Waals surface area contributed by atoms with Crippen molar-refractivity contribution in [3.05, 3.63) is 73.5 Å². The number of rotatable bonds is 3. The Labute approximate surface area is 182 Å². The van der Waals surface area contributed by atoms with E-state index in [2.05, 4.69) is 72.9 Å². The smallest absolute Gasteiger partial charge is 0.526 e. The standard InChI is InChI=1S/C13H8N.C11H20NO.Pd/c1-2-6-12-10(4-1)7-8-11-5-3-9-14-13(11)12;1-9(2)12-6-5-10(8-12)7-11(3,4)13;/h1-5,7-9H;5-6,8-10,13H,7H2,1-4H3;/q2*-1;+2. The maximum absolute atomic E-state index is 9.63. The molecule has 1 atom stereocenters. The molecule has 0 bridgehead atoms. The van der Waals surface area contributed by atoms with Crippen LogP contribution in [0.4, 0.5) is 0 Å². The molecule has 3 aromatic rings. The first-order valence-corrected chi connectivity index (χ1v) is 9.51. The van der Waals surface area contributed by atoms with Crippen molar-refractivity contribution < 1.29 is 25.5 Å². The van der Waals surface area contributed by atoms with Gasteiger partial charge in [-0.15, -0.1) is 41.0 Å². The summed E-state index contributed by atoms with van der Waals surface area (Å²) < 4.78 is 0. The van der Waals surface area contributed by atoms with Gasteiger partial charge in [-0.05, 0) is 63.3 Å². The van der Waals surface area contributed by atoms with Crippen molar-refractivity contribution in [1.29, 1.82) is 0 Å². The Morgan fingerprint density at radius 2 is 1.89 bits per heavy atom. The van der Waals surface area contributed by atoms with Crippen molar-refractivity contribution >= 4 is 21.7 Å². The first-order valence-electron chi connectivity index (χ1n) is 9.51. The van der Waals surface area contributed by atoms with Gasteiger partial charge in [0.15, 0.2) is 0 Å². The molecule has 0 radical (unpaired) electrons. The van der Waals surface area contributed by atoms with E-state index in [0.717, 1.165) is 17.3 Å². The molecule has 4 heteroatoms. The van der Waals surface area contributed by atoms with Crippen LogP contribution in [0.5, 0.6) is 0 Å². The molecule has 1 aliphatic rings. The summed E-state index contributed by atoms with van der Waals surface area (Å²) >= 11 is 0. The quantitative estimate of drug-likeness (QED) is 0.321.